The summed E-state index contributed by atoms with van der Waals surface area (Å²) in [5, 5.41) is 0. The lowest BCUT2D eigenvalue weighted by Gasteiger charge is -2.38. The Hall–Kier alpha value is -2.04. The SMILES string of the molecule is COc1ccc(C2CCCCCN2C(=O)C2CCN(C(=O)C(C)(C)C)CC2)cc1. The molecule has 0 spiro atoms. The highest BCUT2D eigenvalue weighted by molar-refractivity contribution is 5.83. The minimum atomic E-state index is -0.360. The van der Waals surface area contributed by atoms with E-state index in [1.54, 1.807) is 7.11 Å². The summed E-state index contributed by atoms with van der Waals surface area (Å²) in [6, 6.07) is 8.31. The molecule has 1 aromatic carbocycles. The van der Waals surface area contributed by atoms with Gasteiger partial charge in [0.2, 0.25) is 11.8 Å². The molecule has 2 aliphatic heterocycles. The molecule has 2 aliphatic rings. The Kier molecular flexibility index (Phi) is 6.86. The molecule has 1 atom stereocenters. The molecule has 29 heavy (non-hydrogen) atoms. The van der Waals surface area contributed by atoms with Crippen LogP contribution in [-0.2, 0) is 9.59 Å². The monoisotopic (exact) mass is 400 g/mol. The molecular formula is C24H36N2O3. The number of amides is 2. The summed E-state index contributed by atoms with van der Waals surface area (Å²) < 4.78 is 5.29. The quantitative estimate of drug-likeness (QED) is 0.754. The van der Waals surface area contributed by atoms with E-state index in [0.29, 0.717) is 13.1 Å². The summed E-state index contributed by atoms with van der Waals surface area (Å²) in [5.41, 5.74) is 0.836. The molecule has 0 radical (unpaired) electrons. The maximum atomic E-state index is 13.5. The fraction of sp³-hybridized carbons (Fsp3) is 0.667. The van der Waals surface area contributed by atoms with Crippen molar-refractivity contribution in [2.24, 2.45) is 11.3 Å². The summed E-state index contributed by atoms with van der Waals surface area (Å²) in [7, 11) is 1.67. The van der Waals surface area contributed by atoms with E-state index in [9.17, 15) is 9.59 Å². The van der Waals surface area contributed by atoms with Gasteiger partial charge in [0.05, 0.1) is 13.2 Å². The number of likely N-dealkylation sites (tertiary alicyclic amines) is 2. The van der Waals surface area contributed by atoms with Crippen LogP contribution in [0.3, 0.4) is 0 Å². The van der Waals surface area contributed by atoms with E-state index in [4.69, 9.17) is 4.74 Å². The van der Waals surface area contributed by atoms with E-state index in [1.165, 1.54) is 12.0 Å². The molecule has 2 amide bonds. The van der Waals surface area contributed by atoms with Gasteiger partial charge in [-0.1, -0.05) is 45.7 Å². The number of ether oxygens (including phenoxy) is 1. The lowest BCUT2D eigenvalue weighted by atomic mass is 9.90. The Balaban J connectivity index is 1.69. The number of hydrogen-bond donors (Lipinski definition) is 0. The topological polar surface area (TPSA) is 49.9 Å². The molecule has 5 nitrogen and oxygen atoms in total. The van der Waals surface area contributed by atoms with Gasteiger partial charge in [-0.3, -0.25) is 9.59 Å². The van der Waals surface area contributed by atoms with Crippen molar-refractivity contribution in [2.75, 3.05) is 26.7 Å². The summed E-state index contributed by atoms with van der Waals surface area (Å²) in [4.78, 5) is 30.1. The largest absolute Gasteiger partial charge is 0.497 e. The number of rotatable bonds is 3. The summed E-state index contributed by atoms with van der Waals surface area (Å²) in [5.74, 6) is 1.33. The molecule has 1 unspecified atom stereocenters. The van der Waals surface area contributed by atoms with E-state index >= 15 is 0 Å². The van der Waals surface area contributed by atoms with Gasteiger partial charge in [0.15, 0.2) is 0 Å². The van der Waals surface area contributed by atoms with Gasteiger partial charge in [0, 0.05) is 31.0 Å². The first-order valence-electron chi connectivity index (χ1n) is 11.0. The third kappa shape index (κ3) is 5.12. The van der Waals surface area contributed by atoms with Crippen LogP contribution in [0.4, 0.5) is 0 Å². The molecule has 0 aliphatic carbocycles. The van der Waals surface area contributed by atoms with Crippen molar-refractivity contribution in [2.45, 2.75) is 65.3 Å². The summed E-state index contributed by atoms with van der Waals surface area (Å²) in [6.45, 7) is 8.09. The average Bonchev–Trinajstić information content (AvgIpc) is 2.98. The molecule has 0 saturated carbocycles. The van der Waals surface area contributed by atoms with E-state index in [2.05, 4.69) is 17.0 Å². The third-order valence-electron chi connectivity index (χ3n) is 6.31. The second-order valence-corrected chi connectivity index (χ2v) is 9.49. The van der Waals surface area contributed by atoms with Crippen LogP contribution in [0.1, 0.15) is 70.9 Å². The molecule has 160 valence electrons. The normalized spacial score (nSPS) is 21.6. The molecule has 2 saturated heterocycles. The third-order valence-corrected chi connectivity index (χ3v) is 6.31. The minimum absolute atomic E-state index is 0.0258. The number of methoxy groups -OCH3 is 1. The molecular weight excluding hydrogens is 364 g/mol. The summed E-state index contributed by atoms with van der Waals surface area (Å²) in [6.07, 6.45) is 5.95. The highest BCUT2D eigenvalue weighted by Gasteiger charge is 2.36. The Bertz CT molecular complexity index is 700. The maximum Gasteiger partial charge on any atom is 0.227 e. The van der Waals surface area contributed by atoms with Crippen LogP contribution in [0.25, 0.3) is 0 Å². The standard InChI is InChI=1S/C24H36N2O3/c1-24(2,3)23(28)25-16-13-19(14-17-25)22(27)26-15-7-5-6-8-21(26)18-9-11-20(29-4)12-10-18/h9-12,19,21H,5-8,13-17H2,1-4H3. The molecule has 0 bridgehead atoms. The molecule has 5 heteroatoms. The Morgan fingerprint density at radius 2 is 1.59 bits per heavy atom. The Labute approximate surface area is 175 Å². The van der Waals surface area contributed by atoms with Crippen LogP contribution < -0.4 is 4.74 Å². The molecule has 1 aromatic rings. The highest BCUT2D eigenvalue weighted by Crippen LogP contribution is 2.34. The lowest BCUT2D eigenvalue weighted by molar-refractivity contribution is -0.146. The van der Waals surface area contributed by atoms with Gasteiger partial charge in [-0.05, 0) is 43.4 Å². The molecule has 2 fully saturated rings. The van der Waals surface area contributed by atoms with Gasteiger partial charge in [-0.25, -0.2) is 0 Å². The summed E-state index contributed by atoms with van der Waals surface area (Å²) >= 11 is 0. The van der Waals surface area contributed by atoms with E-state index in [-0.39, 0.29) is 29.2 Å². The van der Waals surface area contributed by atoms with Crippen molar-refractivity contribution in [3.05, 3.63) is 29.8 Å². The predicted molar refractivity (Wildman–Crippen MR) is 115 cm³/mol. The average molecular weight is 401 g/mol. The van der Waals surface area contributed by atoms with Crippen molar-refractivity contribution in [1.29, 1.82) is 0 Å². The number of carbonyl (C=O) groups excluding carboxylic acids is 2. The van der Waals surface area contributed by atoms with Crippen molar-refractivity contribution in [3.8, 4) is 5.75 Å². The van der Waals surface area contributed by atoms with Crippen LogP contribution in [0.15, 0.2) is 24.3 Å². The van der Waals surface area contributed by atoms with Crippen LogP contribution in [0.2, 0.25) is 0 Å². The zero-order valence-corrected chi connectivity index (χ0v) is 18.4. The highest BCUT2D eigenvalue weighted by atomic mass is 16.5. The van der Waals surface area contributed by atoms with Gasteiger partial charge in [-0.2, -0.15) is 0 Å². The first kappa shape index (κ1) is 21.7. The Morgan fingerprint density at radius 1 is 0.931 bits per heavy atom. The predicted octanol–water partition coefficient (Wildman–Crippen LogP) is 4.42. The van der Waals surface area contributed by atoms with Crippen LogP contribution >= 0.6 is 0 Å². The van der Waals surface area contributed by atoms with Gasteiger partial charge in [-0.15, -0.1) is 0 Å². The lowest BCUT2D eigenvalue weighted by Crippen LogP contribution is -2.48. The number of benzene rings is 1. The van der Waals surface area contributed by atoms with Crippen molar-refractivity contribution in [3.63, 3.8) is 0 Å². The maximum absolute atomic E-state index is 13.5. The van der Waals surface area contributed by atoms with Crippen LogP contribution in [0, 0.1) is 11.3 Å². The zero-order valence-electron chi connectivity index (χ0n) is 18.4. The number of hydrogen-bond acceptors (Lipinski definition) is 3. The second kappa shape index (κ2) is 9.19. The van der Waals surface area contributed by atoms with Crippen LogP contribution in [0.5, 0.6) is 5.75 Å². The fourth-order valence-corrected chi connectivity index (χ4v) is 4.58. The molecule has 0 N–H and O–H groups in total. The van der Waals surface area contributed by atoms with Gasteiger partial charge in [0.25, 0.3) is 0 Å². The second-order valence-electron chi connectivity index (χ2n) is 9.49. The number of nitrogens with zero attached hydrogens (tertiary/aromatic N) is 2. The van der Waals surface area contributed by atoms with Gasteiger partial charge < -0.3 is 14.5 Å². The van der Waals surface area contributed by atoms with Crippen LogP contribution in [-0.4, -0.2) is 48.4 Å². The fourth-order valence-electron chi connectivity index (χ4n) is 4.58. The number of carbonyl (C=O) groups is 2. The van der Waals surface area contributed by atoms with Gasteiger partial charge in [0.1, 0.15) is 5.75 Å². The Morgan fingerprint density at radius 3 is 2.17 bits per heavy atom. The van der Waals surface area contributed by atoms with Crippen molar-refractivity contribution < 1.29 is 14.3 Å². The zero-order chi connectivity index (χ0) is 21.0. The van der Waals surface area contributed by atoms with E-state index in [0.717, 1.165) is 44.4 Å². The smallest absolute Gasteiger partial charge is 0.227 e. The first-order chi connectivity index (χ1) is 13.8. The first-order valence-corrected chi connectivity index (χ1v) is 11.0. The van der Waals surface area contributed by atoms with Crippen molar-refractivity contribution in [1.82, 2.24) is 9.80 Å². The van der Waals surface area contributed by atoms with Gasteiger partial charge >= 0.3 is 0 Å². The van der Waals surface area contributed by atoms with E-state index < -0.39 is 0 Å². The molecule has 3 rings (SSSR count). The van der Waals surface area contributed by atoms with E-state index in [1.807, 2.05) is 37.8 Å². The minimum Gasteiger partial charge on any atom is -0.497 e. The molecule has 0 aromatic heterocycles. The van der Waals surface area contributed by atoms with Crippen molar-refractivity contribution >= 4 is 11.8 Å². The molecule has 2 heterocycles. The number of piperidine rings is 1.